The monoisotopic (exact) mass is 282 g/mol. The quantitative estimate of drug-likeness (QED) is 0.586. The Hall–Kier alpha value is -0.383. The average Bonchev–Trinajstić information content (AvgIpc) is 2.25. The first-order chi connectivity index (χ1) is 8.78. The molecule has 1 saturated carbocycles. The maximum Gasteiger partial charge on any atom is 0.191 e. The van der Waals surface area contributed by atoms with Gasteiger partial charge in [-0.3, -0.25) is 0 Å². The fourth-order valence-electron chi connectivity index (χ4n) is 1.93. The van der Waals surface area contributed by atoms with Crippen LogP contribution in [-0.2, 0) is 4.43 Å². The normalized spacial score (nSPS) is 25.2. The van der Waals surface area contributed by atoms with Crippen LogP contribution < -0.4 is 0 Å². The van der Waals surface area contributed by atoms with Crippen LogP contribution in [0.3, 0.4) is 0 Å². The van der Waals surface area contributed by atoms with Gasteiger partial charge < -0.3 is 9.53 Å². The van der Waals surface area contributed by atoms with Crippen LogP contribution in [0.25, 0.3) is 0 Å². The molecule has 0 aromatic rings. The molecule has 1 aliphatic carbocycles. The number of aliphatic hydroxyl groups is 1. The Labute approximate surface area is 119 Å². The first-order valence-electron chi connectivity index (χ1n) is 7.36. The summed E-state index contributed by atoms with van der Waals surface area (Å²) in [4.78, 5) is 0. The predicted molar refractivity (Wildman–Crippen MR) is 84.7 cm³/mol. The molecule has 0 saturated heterocycles. The highest BCUT2D eigenvalue weighted by atomic mass is 28.4. The Morgan fingerprint density at radius 3 is 2.37 bits per heavy atom. The lowest BCUT2D eigenvalue weighted by molar-refractivity contribution is 0.124. The lowest BCUT2D eigenvalue weighted by Crippen LogP contribution is -2.43. The maximum absolute atomic E-state index is 8.67. The number of hydrogen-bond donors (Lipinski definition) is 1. The minimum atomic E-state index is -1.59. The summed E-state index contributed by atoms with van der Waals surface area (Å²) in [6.07, 6.45) is 10.6. The molecule has 0 aromatic heterocycles. The molecular formula is C16H30O2Si. The molecule has 0 spiro atoms. The van der Waals surface area contributed by atoms with Crippen molar-refractivity contribution in [2.24, 2.45) is 11.8 Å². The molecular weight excluding hydrogens is 252 g/mol. The van der Waals surface area contributed by atoms with Gasteiger partial charge in [0, 0.05) is 6.61 Å². The first kappa shape index (κ1) is 16.7. The van der Waals surface area contributed by atoms with E-state index in [4.69, 9.17) is 9.53 Å². The minimum absolute atomic E-state index is 0.118. The van der Waals surface area contributed by atoms with Crippen molar-refractivity contribution in [3.05, 3.63) is 24.3 Å². The van der Waals surface area contributed by atoms with Gasteiger partial charge in [-0.05, 0) is 42.8 Å². The zero-order valence-corrected chi connectivity index (χ0v) is 14.1. The molecule has 19 heavy (non-hydrogen) atoms. The summed E-state index contributed by atoms with van der Waals surface area (Å²) in [5.41, 5.74) is 0. The largest absolute Gasteiger partial charge is 0.417 e. The van der Waals surface area contributed by atoms with Crippen LogP contribution in [0.4, 0.5) is 0 Å². The van der Waals surface area contributed by atoms with Crippen LogP contribution in [0, 0.1) is 11.8 Å². The molecule has 0 aromatic carbocycles. The van der Waals surface area contributed by atoms with Crippen LogP contribution in [-0.4, -0.2) is 26.6 Å². The SMILES string of the molecule is CC(C)(C)[Si](C)(C)OC[C@@H]1CC[C@H]1/C=C/C=C/CO. The molecule has 1 rings (SSSR count). The molecule has 0 unspecified atom stereocenters. The summed E-state index contributed by atoms with van der Waals surface area (Å²) in [6, 6.07) is 0. The van der Waals surface area contributed by atoms with Crippen molar-refractivity contribution in [3.8, 4) is 0 Å². The van der Waals surface area contributed by atoms with Gasteiger partial charge in [0.2, 0.25) is 0 Å². The molecule has 0 radical (unpaired) electrons. The molecule has 3 heteroatoms. The minimum Gasteiger partial charge on any atom is -0.417 e. The van der Waals surface area contributed by atoms with Crippen molar-refractivity contribution in [1.82, 2.24) is 0 Å². The molecule has 1 aliphatic rings. The van der Waals surface area contributed by atoms with Gasteiger partial charge in [-0.2, -0.15) is 0 Å². The summed E-state index contributed by atoms with van der Waals surface area (Å²) in [5, 5.41) is 8.97. The third-order valence-electron chi connectivity index (χ3n) is 4.65. The van der Waals surface area contributed by atoms with Crippen LogP contribution >= 0.6 is 0 Å². The lowest BCUT2D eigenvalue weighted by atomic mass is 9.74. The van der Waals surface area contributed by atoms with E-state index in [0.29, 0.717) is 16.9 Å². The Bertz CT molecular complexity index is 326. The van der Waals surface area contributed by atoms with E-state index in [1.54, 1.807) is 6.08 Å². The van der Waals surface area contributed by atoms with E-state index in [2.05, 4.69) is 46.0 Å². The second-order valence-corrected chi connectivity index (χ2v) is 11.9. The van der Waals surface area contributed by atoms with E-state index >= 15 is 0 Å². The van der Waals surface area contributed by atoms with Crippen LogP contribution in [0.1, 0.15) is 33.6 Å². The molecule has 2 nitrogen and oxygen atoms in total. The van der Waals surface area contributed by atoms with Crippen molar-refractivity contribution in [3.63, 3.8) is 0 Å². The smallest absolute Gasteiger partial charge is 0.191 e. The van der Waals surface area contributed by atoms with Gasteiger partial charge in [-0.15, -0.1) is 0 Å². The van der Waals surface area contributed by atoms with Crippen LogP contribution in [0.5, 0.6) is 0 Å². The highest BCUT2D eigenvalue weighted by Gasteiger charge is 2.39. The van der Waals surface area contributed by atoms with Gasteiger partial charge in [0.1, 0.15) is 0 Å². The Morgan fingerprint density at radius 1 is 1.21 bits per heavy atom. The summed E-state index contributed by atoms with van der Waals surface area (Å²) < 4.78 is 6.30. The fraction of sp³-hybridized carbons (Fsp3) is 0.750. The van der Waals surface area contributed by atoms with Gasteiger partial charge >= 0.3 is 0 Å². The van der Waals surface area contributed by atoms with Gasteiger partial charge in [-0.25, -0.2) is 0 Å². The molecule has 110 valence electrons. The van der Waals surface area contributed by atoms with E-state index in [0.717, 1.165) is 6.61 Å². The van der Waals surface area contributed by atoms with E-state index < -0.39 is 8.32 Å². The van der Waals surface area contributed by atoms with Gasteiger partial charge in [0.05, 0.1) is 6.61 Å². The predicted octanol–water partition coefficient (Wildman–Crippen LogP) is 4.14. The molecule has 1 fully saturated rings. The maximum atomic E-state index is 8.67. The number of allylic oxidation sites excluding steroid dienone is 3. The Morgan fingerprint density at radius 2 is 1.89 bits per heavy atom. The number of aliphatic hydroxyl groups excluding tert-OH is 1. The van der Waals surface area contributed by atoms with E-state index in [1.165, 1.54) is 12.8 Å². The summed E-state index contributed by atoms with van der Waals surface area (Å²) in [5.74, 6) is 1.35. The Balaban J connectivity index is 2.38. The fourth-order valence-corrected chi connectivity index (χ4v) is 3.00. The number of rotatable bonds is 6. The third kappa shape index (κ3) is 4.90. The van der Waals surface area contributed by atoms with E-state index in [9.17, 15) is 0 Å². The van der Waals surface area contributed by atoms with Crippen molar-refractivity contribution < 1.29 is 9.53 Å². The molecule has 1 N–H and O–H groups in total. The lowest BCUT2D eigenvalue weighted by Gasteiger charge is -2.41. The second-order valence-electron chi connectivity index (χ2n) is 7.07. The molecule has 0 bridgehead atoms. The zero-order valence-electron chi connectivity index (χ0n) is 13.1. The van der Waals surface area contributed by atoms with Crippen molar-refractivity contribution in [2.45, 2.75) is 51.7 Å². The standard InChI is InChI=1S/C16H30O2Si/c1-16(2,3)19(4,5)18-13-15-11-10-14(15)9-7-6-8-12-17/h6-9,14-15,17H,10-13H2,1-5H3/b8-6+,9-7+/t14-,15+/m1/s1. The molecule has 0 heterocycles. The highest BCUT2D eigenvalue weighted by molar-refractivity contribution is 6.74. The van der Waals surface area contributed by atoms with Crippen LogP contribution in [0.2, 0.25) is 18.1 Å². The topological polar surface area (TPSA) is 29.5 Å². The van der Waals surface area contributed by atoms with Crippen LogP contribution in [0.15, 0.2) is 24.3 Å². The molecule has 2 atom stereocenters. The zero-order chi connectivity index (χ0) is 14.5. The number of hydrogen-bond acceptors (Lipinski definition) is 2. The summed E-state index contributed by atoms with van der Waals surface area (Å²) >= 11 is 0. The second kappa shape index (κ2) is 6.87. The van der Waals surface area contributed by atoms with Gasteiger partial charge in [0.15, 0.2) is 8.32 Å². The Kier molecular flexibility index (Phi) is 6.02. The van der Waals surface area contributed by atoms with E-state index in [-0.39, 0.29) is 6.61 Å². The van der Waals surface area contributed by atoms with Crippen molar-refractivity contribution >= 4 is 8.32 Å². The molecule has 0 amide bonds. The first-order valence-corrected chi connectivity index (χ1v) is 10.3. The summed E-state index contributed by atoms with van der Waals surface area (Å²) in [6.45, 7) is 12.5. The third-order valence-corrected chi connectivity index (χ3v) is 9.15. The van der Waals surface area contributed by atoms with Gasteiger partial charge in [-0.1, -0.05) is 45.1 Å². The molecule has 0 aliphatic heterocycles. The van der Waals surface area contributed by atoms with Gasteiger partial charge in [0.25, 0.3) is 0 Å². The van der Waals surface area contributed by atoms with E-state index in [1.807, 2.05) is 6.08 Å². The van der Waals surface area contributed by atoms with Crippen molar-refractivity contribution in [1.29, 1.82) is 0 Å². The average molecular weight is 282 g/mol. The highest BCUT2D eigenvalue weighted by Crippen LogP contribution is 2.40. The van der Waals surface area contributed by atoms with Crippen molar-refractivity contribution in [2.75, 3.05) is 13.2 Å². The summed E-state index contributed by atoms with van der Waals surface area (Å²) in [7, 11) is -1.59.